The number of unbranched alkanes of at least 4 members (excludes halogenated alkanes) is 2. The standard InChI is InChI=1S/C19H30FNO/c1-2-3-4-13-21-14-5-7-17(16-21)8-6-15-22-19-11-9-18(20)10-12-19/h9-12,17H,2-8,13-16H2,1H3. The van der Waals surface area contributed by atoms with Crippen molar-refractivity contribution >= 4 is 0 Å². The van der Waals surface area contributed by atoms with Gasteiger partial charge in [-0.25, -0.2) is 4.39 Å². The zero-order valence-electron chi connectivity index (χ0n) is 13.9. The Morgan fingerprint density at radius 2 is 2.00 bits per heavy atom. The summed E-state index contributed by atoms with van der Waals surface area (Å²) in [6, 6.07) is 6.30. The van der Waals surface area contributed by atoms with E-state index in [1.807, 2.05) is 0 Å². The summed E-state index contributed by atoms with van der Waals surface area (Å²) in [6.07, 6.45) is 9.04. The van der Waals surface area contributed by atoms with E-state index in [1.165, 1.54) is 70.3 Å². The van der Waals surface area contributed by atoms with Crippen molar-refractivity contribution in [3.8, 4) is 5.75 Å². The molecular formula is C19H30FNO. The molecule has 2 rings (SSSR count). The van der Waals surface area contributed by atoms with Crippen molar-refractivity contribution in [2.45, 2.75) is 51.9 Å². The Kier molecular flexibility index (Phi) is 7.72. The second kappa shape index (κ2) is 9.83. The third-order valence-corrected chi connectivity index (χ3v) is 4.52. The van der Waals surface area contributed by atoms with Gasteiger partial charge in [-0.3, -0.25) is 0 Å². The number of halogens is 1. The van der Waals surface area contributed by atoms with Crippen molar-refractivity contribution in [1.82, 2.24) is 4.90 Å². The van der Waals surface area contributed by atoms with Gasteiger partial charge in [0, 0.05) is 6.54 Å². The van der Waals surface area contributed by atoms with Crippen LogP contribution in [0.5, 0.6) is 5.75 Å². The first-order chi connectivity index (χ1) is 10.8. The number of nitrogens with zero attached hydrogens (tertiary/aromatic N) is 1. The van der Waals surface area contributed by atoms with Crippen LogP contribution in [-0.2, 0) is 0 Å². The lowest BCUT2D eigenvalue weighted by Crippen LogP contribution is -2.36. The SMILES string of the molecule is CCCCCN1CCCC(CCCOc2ccc(F)cc2)C1. The molecule has 0 saturated carbocycles. The lowest BCUT2D eigenvalue weighted by Gasteiger charge is -2.32. The molecular weight excluding hydrogens is 277 g/mol. The fourth-order valence-electron chi connectivity index (χ4n) is 3.27. The highest BCUT2D eigenvalue weighted by Crippen LogP contribution is 2.21. The molecule has 22 heavy (non-hydrogen) atoms. The Balaban J connectivity index is 1.59. The summed E-state index contributed by atoms with van der Waals surface area (Å²) >= 11 is 0. The van der Waals surface area contributed by atoms with E-state index in [0.29, 0.717) is 0 Å². The van der Waals surface area contributed by atoms with Crippen LogP contribution in [0.1, 0.15) is 51.9 Å². The monoisotopic (exact) mass is 307 g/mol. The van der Waals surface area contributed by atoms with Gasteiger partial charge >= 0.3 is 0 Å². The molecule has 1 aromatic carbocycles. The van der Waals surface area contributed by atoms with Crippen LogP contribution in [0, 0.1) is 11.7 Å². The molecule has 124 valence electrons. The number of benzene rings is 1. The van der Waals surface area contributed by atoms with Crippen molar-refractivity contribution in [3.05, 3.63) is 30.1 Å². The molecule has 0 N–H and O–H groups in total. The highest BCUT2D eigenvalue weighted by atomic mass is 19.1. The van der Waals surface area contributed by atoms with E-state index in [1.54, 1.807) is 12.1 Å². The Morgan fingerprint density at radius 3 is 2.77 bits per heavy atom. The van der Waals surface area contributed by atoms with Crippen molar-refractivity contribution in [3.63, 3.8) is 0 Å². The number of hydrogen-bond donors (Lipinski definition) is 0. The third kappa shape index (κ3) is 6.35. The molecule has 0 aliphatic carbocycles. The maximum atomic E-state index is 12.8. The Hall–Kier alpha value is -1.09. The second-order valence-corrected chi connectivity index (χ2v) is 6.46. The average Bonchev–Trinajstić information content (AvgIpc) is 2.54. The first-order valence-corrected chi connectivity index (χ1v) is 8.88. The minimum absolute atomic E-state index is 0.210. The average molecular weight is 307 g/mol. The summed E-state index contributed by atoms with van der Waals surface area (Å²) in [7, 11) is 0. The van der Waals surface area contributed by atoms with Crippen LogP contribution in [0.3, 0.4) is 0 Å². The van der Waals surface area contributed by atoms with E-state index in [-0.39, 0.29) is 5.82 Å². The summed E-state index contributed by atoms with van der Waals surface area (Å²) in [6.45, 7) is 6.82. The maximum Gasteiger partial charge on any atom is 0.123 e. The molecule has 1 aliphatic rings. The molecule has 0 spiro atoms. The van der Waals surface area contributed by atoms with Gasteiger partial charge in [-0.05, 0) is 75.4 Å². The lowest BCUT2D eigenvalue weighted by molar-refractivity contribution is 0.159. The quantitative estimate of drug-likeness (QED) is 0.602. The van der Waals surface area contributed by atoms with Crippen LogP contribution in [0.15, 0.2) is 24.3 Å². The second-order valence-electron chi connectivity index (χ2n) is 6.46. The maximum absolute atomic E-state index is 12.8. The number of likely N-dealkylation sites (tertiary alicyclic amines) is 1. The number of hydrogen-bond acceptors (Lipinski definition) is 2. The molecule has 1 aromatic rings. The molecule has 2 nitrogen and oxygen atoms in total. The van der Waals surface area contributed by atoms with Crippen LogP contribution in [-0.4, -0.2) is 31.1 Å². The molecule has 0 radical (unpaired) electrons. The van der Waals surface area contributed by atoms with Crippen LogP contribution in [0.25, 0.3) is 0 Å². The molecule has 1 saturated heterocycles. The molecule has 0 amide bonds. The van der Waals surface area contributed by atoms with Crippen molar-refractivity contribution in [2.24, 2.45) is 5.92 Å². The van der Waals surface area contributed by atoms with Crippen LogP contribution < -0.4 is 4.74 Å². The fourth-order valence-corrected chi connectivity index (χ4v) is 3.27. The van der Waals surface area contributed by atoms with Crippen molar-refractivity contribution in [2.75, 3.05) is 26.2 Å². The topological polar surface area (TPSA) is 12.5 Å². The minimum atomic E-state index is -0.210. The molecule has 1 fully saturated rings. The van der Waals surface area contributed by atoms with Crippen molar-refractivity contribution < 1.29 is 9.13 Å². The van der Waals surface area contributed by atoms with E-state index in [9.17, 15) is 4.39 Å². The zero-order chi connectivity index (χ0) is 15.6. The predicted octanol–water partition coefficient (Wildman–Crippen LogP) is 4.89. The van der Waals surface area contributed by atoms with Gasteiger partial charge in [0.2, 0.25) is 0 Å². The van der Waals surface area contributed by atoms with E-state index in [0.717, 1.165) is 24.7 Å². The zero-order valence-corrected chi connectivity index (χ0v) is 13.9. The largest absolute Gasteiger partial charge is 0.494 e. The van der Waals surface area contributed by atoms with Gasteiger partial charge in [-0.1, -0.05) is 19.8 Å². The molecule has 1 heterocycles. The van der Waals surface area contributed by atoms with Crippen LogP contribution in [0.2, 0.25) is 0 Å². The Bertz CT molecular complexity index is 406. The van der Waals surface area contributed by atoms with E-state index < -0.39 is 0 Å². The highest BCUT2D eigenvalue weighted by molar-refractivity contribution is 5.21. The highest BCUT2D eigenvalue weighted by Gasteiger charge is 2.18. The molecule has 1 aliphatic heterocycles. The van der Waals surface area contributed by atoms with Gasteiger partial charge in [0.1, 0.15) is 11.6 Å². The smallest absolute Gasteiger partial charge is 0.123 e. The van der Waals surface area contributed by atoms with Gasteiger partial charge in [-0.2, -0.15) is 0 Å². The first kappa shape index (κ1) is 17.3. The summed E-state index contributed by atoms with van der Waals surface area (Å²) in [5.41, 5.74) is 0. The number of ether oxygens (including phenoxy) is 1. The van der Waals surface area contributed by atoms with Gasteiger partial charge < -0.3 is 9.64 Å². The van der Waals surface area contributed by atoms with E-state index in [4.69, 9.17) is 4.74 Å². The predicted molar refractivity (Wildman–Crippen MR) is 89.8 cm³/mol. The Labute approximate surface area is 134 Å². The Morgan fingerprint density at radius 1 is 1.18 bits per heavy atom. The molecule has 3 heteroatoms. The molecule has 1 unspecified atom stereocenters. The summed E-state index contributed by atoms with van der Waals surface area (Å²) in [5, 5.41) is 0. The van der Waals surface area contributed by atoms with Gasteiger partial charge in [0.25, 0.3) is 0 Å². The lowest BCUT2D eigenvalue weighted by atomic mass is 9.93. The summed E-state index contributed by atoms with van der Waals surface area (Å²) in [4.78, 5) is 2.64. The fraction of sp³-hybridized carbons (Fsp3) is 0.684. The van der Waals surface area contributed by atoms with Gasteiger partial charge in [0.15, 0.2) is 0 Å². The summed E-state index contributed by atoms with van der Waals surface area (Å²) in [5.74, 6) is 1.39. The first-order valence-electron chi connectivity index (χ1n) is 8.88. The van der Waals surface area contributed by atoms with Gasteiger partial charge in [0.05, 0.1) is 6.61 Å². The van der Waals surface area contributed by atoms with E-state index >= 15 is 0 Å². The molecule has 1 atom stereocenters. The summed E-state index contributed by atoms with van der Waals surface area (Å²) < 4.78 is 18.5. The van der Waals surface area contributed by atoms with E-state index in [2.05, 4.69) is 11.8 Å². The molecule has 0 bridgehead atoms. The minimum Gasteiger partial charge on any atom is -0.494 e. The van der Waals surface area contributed by atoms with Crippen molar-refractivity contribution in [1.29, 1.82) is 0 Å². The number of rotatable bonds is 9. The van der Waals surface area contributed by atoms with Crippen LogP contribution >= 0.6 is 0 Å². The van der Waals surface area contributed by atoms with Gasteiger partial charge in [-0.15, -0.1) is 0 Å². The third-order valence-electron chi connectivity index (χ3n) is 4.52. The normalized spacial score (nSPS) is 19.3. The number of piperidine rings is 1. The van der Waals surface area contributed by atoms with Crippen LogP contribution in [0.4, 0.5) is 4.39 Å². The molecule has 0 aromatic heterocycles.